The lowest BCUT2D eigenvalue weighted by Crippen LogP contribution is -2.05. The van der Waals surface area contributed by atoms with E-state index in [1.54, 1.807) is 13.0 Å². The molecule has 0 aliphatic heterocycles. The number of nitro benzene ring substituents is 1. The molecule has 0 heterocycles. The monoisotopic (exact) mass is 303 g/mol. The summed E-state index contributed by atoms with van der Waals surface area (Å²) in [6, 6.07) is 13.7. The summed E-state index contributed by atoms with van der Waals surface area (Å²) in [4.78, 5) is 23.7. The van der Waals surface area contributed by atoms with Crippen LogP contribution >= 0.6 is 11.8 Å². The number of esters is 1. The highest BCUT2D eigenvalue weighted by Crippen LogP contribution is 2.35. The number of hydrogen-bond donors (Lipinski definition) is 0. The van der Waals surface area contributed by atoms with Gasteiger partial charge in [-0.15, -0.1) is 0 Å². The summed E-state index contributed by atoms with van der Waals surface area (Å²) in [7, 11) is 0. The van der Waals surface area contributed by atoms with Gasteiger partial charge in [-0.2, -0.15) is 0 Å². The molecular formula is C15H13NO4S. The minimum atomic E-state index is -0.558. The molecule has 2 rings (SSSR count). The molecule has 0 spiro atoms. The number of benzene rings is 2. The third-order valence-corrected chi connectivity index (χ3v) is 3.71. The zero-order valence-corrected chi connectivity index (χ0v) is 12.1. The topological polar surface area (TPSA) is 69.4 Å². The Morgan fingerprint density at radius 2 is 1.95 bits per heavy atom. The fraction of sp³-hybridized carbons (Fsp3) is 0.133. The first kappa shape index (κ1) is 15.1. The van der Waals surface area contributed by atoms with Crippen molar-refractivity contribution in [2.24, 2.45) is 0 Å². The van der Waals surface area contributed by atoms with Crippen molar-refractivity contribution < 1.29 is 14.5 Å². The van der Waals surface area contributed by atoms with Gasteiger partial charge in [0.1, 0.15) is 0 Å². The lowest BCUT2D eigenvalue weighted by atomic mass is 10.2. The summed E-state index contributed by atoms with van der Waals surface area (Å²) in [5.41, 5.74) is 0.0790. The Morgan fingerprint density at radius 3 is 2.57 bits per heavy atom. The average molecular weight is 303 g/mol. The number of carbonyl (C=O) groups is 1. The van der Waals surface area contributed by atoms with Crippen molar-refractivity contribution in [3.05, 3.63) is 64.2 Å². The molecule has 0 bridgehead atoms. The van der Waals surface area contributed by atoms with Crippen LogP contribution in [0.3, 0.4) is 0 Å². The van der Waals surface area contributed by atoms with Crippen molar-refractivity contribution in [2.75, 3.05) is 6.61 Å². The molecular weight excluding hydrogens is 290 g/mol. The van der Waals surface area contributed by atoms with Crippen LogP contribution in [0.5, 0.6) is 0 Å². The van der Waals surface area contributed by atoms with Gasteiger partial charge in [-0.25, -0.2) is 4.79 Å². The van der Waals surface area contributed by atoms with Crippen molar-refractivity contribution in [1.82, 2.24) is 0 Å². The molecule has 0 saturated carbocycles. The molecule has 5 nitrogen and oxygen atoms in total. The van der Waals surface area contributed by atoms with Gasteiger partial charge >= 0.3 is 5.97 Å². The number of nitro groups is 1. The maximum absolute atomic E-state index is 11.6. The number of carbonyl (C=O) groups excluding carboxylic acids is 1. The van der Waals surface area contributed by atoms with Crippen LogP contribution in [0.15, 0.2) is 58.3 Å². The SMILES string of the molecule is CCOC(=O)c1ccc(Sc2ccccc2)c([N+](=O)[O-])c1. The molecule has 0 unspecified atom stereocenters. The predicted octanol–water partition coefficient (Wildman–Crippen LogP) is 3.92. The summed E-state index contributed by atoms with van der Waals surface area (Å²) in [5, 5.41) is 11.2. The van der Waals surface area contributed by atoms with E-state index in [1.165, 1.54) is 23.9 Å². The zero-order chi connectivity index (χ0) is 15.2. The van der Waals surface area contributed by atoms with Crippen molar-refractivity contribution in [3.8, 4) is 0 Å². The van der Waals surface area contributed by atoms with Gasteiger partial charge in [0.15, 0.2) is 0 Å². The quantitative estimate of drug-likeness (QED) is 0.475. The van der Waals surface area contributed by atoms with Gasteiger partial charge in [-0.3, -0.25) is 10.1 Å². The van der Waals surface area contributed by atoms with Gasteiger partial charge in [-0.05, 0) is 31.2 Å². The van der Waals surface area contributed by atoms with Crippen LogP contribution in [-0.2, 0) is 4.74 Å². The summed E-state index contributed by atoms with van der Waals surface area (Å²) >= 11 is 1.28. The summed E-state index contributed by atoms with van der Waals surface area (Å²) < 4.78 is 4.85. The minimum Gasteiger partial charge on any atom is -0.462 e. The Morgan fingerprint density at radius 1 is 1.24 bits per heavy atom. The molecule has 2 aromatic rings. The molecule has 6 heteroatoms. The summed E-state index contributed by atoms with van der Waals surface area (Å²) in [6.45, 7) is 1.92. The first-order chi connectivity index (χ1) is 10.1. The van der Waals surface area contributed by atoms with E-state index >= 15 is 0 Å². The molecule has 0 atom stereocenters. The second-order valence-electron chi connectivity index (χ2n) is 4.08. The molecule has 21 heavy (non-hydrogen) atoms. The second kappa shape index (κ2) is 6.90. The predicted molar refractivity (Wildman–Crippen MR) is 79.6 cm³/mol. The van der Waals surface area contributed by atoms with E-state index in [4.69, 9.17) is 4.74 Å². The van der Waals surface area contributed by atoms with E-state index in [9.17, 15) is 14.9 Å². The van der Waals surface area contributed by atoms with Crippen LogP contribution in [0.1, 0.15) is 17.3 Å². The van der Waals surface area contributed by atoms with Crippen molar-refractivity contribution >= 4 is 23.4 Å². The van der Waals surface area contributed by atoms with Crippen LogP contribution in [0, 0.1) is 10.1 Å². The van der Waals surface area contributed by atoms with Gasteiger partial charge in [0.25, 0.3) is 5.69 Å². The van der Waals surface area contributed by atoms with Gasteiger partial charge in [0, 0.05) is 11.0 Å². The first-order valence-electron chi connectivity index (χ1n) is 6.30. The molecule has 0 fully saturated rings. The Bertz CT molecular complexity index is 658. The van der Waals surface area contributed by atoms with Gasteiger partial charge in [0.05, 0.1) is 22.0 Å². The zero-order valence-electron chi connectivity index (χ0n) is 11.3. The fourth-order valence-corrected chi connectivity index (χ4v) is 2.62. The normalized spacial score (nSPS) is 10.1. The number of ether oxygens (including phenoxy) is 1. The molecule has 0 aromatic heterocycles. The van der Waals surface area contributed by atoms with Gasteiger partial charge in [0.2, 0.25) is 0 Å². The Labute approximate surface area is 126 Å². The van der Waals surface area contributed by atoms with E-state index in [0.717, 1.165) is 4.90 Å². The van der Waals surface area contributed by atoms with E-state index in [2.05, 4.69) is 0 Å². The van der Waals surface area contributed by atoms with Gasteiger partial charge in [-0.1, -0.05) is 30.0 Å². The van der Waals surface area contributed by atoms with Crippen molar-refractivity contribution in [2.45, 2.75) is 16.7 Å². The molecule has 0 saturated heterocycles. The lowest BCUT2D eigenvalue weighted by molar-refractivity contribution is -0.387. The maximum Gasteiger partial charge on any atom is 0.338 e. The standard InChI is InChI=1S/C15H13NO4S/c1-2-20-15(17)11-8-9-14(13(10-11)16(18)19)21-12-6-4-3-5-7-12/h3-10H,2H2,1H3. The van der Waals surface area contributed by atoms with Crippen LogP contribution in [0.2, 0.25) is 0 Å². The maximum atomic E-state index is 11.6. The summed E-state index contributed by atoms with van der Waals surface area (Å²) in [6.07, 6.45) is 0. The molecule has 0 aliphatic carbocycles. The number of nitrogens with zero attached hydrogens (tertiary/aromatic N) is 1. The Balaban J connectivity index is 2.34. The van der Waals surface area contributed by atoms with E-state index in [0.29, 0.717) is 4.90 Å². The highest BCUT2D eigenvalue weighted by Gasteiger charge is 2.18. The third-order valence-electron chi connectivity index (χ3n) is 2.64. The Hall–Kier alpha value is -2.34. The van der Waals surface area contributed by atoms with Crippen LogP contribution in [0.25, 0.3) is 0 Å². The molecule has 0 aliphatic rings. The average Bonchev–Trinajstić information content (AvgIpc) is 2.48. The summed E-state index contributed by atoms with van der Waals surface area (Å²) in [5.74, 6) is -0.558. The van der Waals surface area contributed by atoms with Gasteiger partial charge < -0.3 is 4.74 Å². The molecule has 2 aromatic carbocycles. The number of hydrogen-bond acceptors (Lipinski definition) is 5. The third kappa shape index (κ3) is 3.82. The van der Waals surface area contributed by atoms with Crippen LogP contribution in [0.4, 0.5) is 5.69 Å². The van der Waals surface area contributed by atoms with Crippen molar-refractivity contribution in [3.63, 3.8) is 0 Å². The molecule has 108 valence electrons. The highest BCUT2D eigenvalue weighted by molar-refractivity contribution is 7.99. The largest absolute Gasteiger partial charge is 0.462 e. The van der Waals surface area contributed by atoms with E-state index < -0.39 is 10.9 Å². The van der Waals surface area contributed by atoms with Crippen LogP contribution < -0.4 is 0 Å². The first-order valence-corrected chi connectivity index (χ1v) is 7.12. The fourth-order valence-electron chi connectivity index (χ4n) is 1.70. The highest BCUT2D eigenvalue weighted by atomic mass is 32.2. The molecule has 0 N–H and O–H groups in total. The molecule has 0 amide bonds. The second-order valence-corrected chi connectivity index (χ2v) is 5.19. The number of rotatable bonds is 5. The lowest BCUT2D eigenvalue weighted by Gasteiger charge is -2.05. The van der Waals surface area contributed by atoms with Crippen molar-refractivity contribution in [1.29, 1.82) is 0 Å². The van der Waals surface area contributed by atoms with E-state index in [-0.39, 0.29) is 17.9 Å². The molecule has 0 radical (unpaired) electrons. The minimum absolute atomic E-state index is 0.102. The van der Waals surface area contributed by atoms with Crippen LogP contribution in [-0.4, -0.2) is 17.5 Å². The smallest absolute Gasteiger partial charge is 0.338 e. The van der Waals surface area contributed by atoms with E-state index in [1.807, 2.05) is 30.3 Å². The Kier molecular flexibility index (Phi) is 4.94.